The molecular weight excluding hydrogens is 232 g/mol. The molecule has 8 nitrogen and oxygen atoms in total. The van der Waals surface area contributed by atoms with Crippen molar-refractivity contribution < 1.29 is 24.7 Å². The number of nitrogens with two attached hydrogens (primary N) is 1. The Kier molecular flexibility index (Phi) is 3.28. The molecule has 0 heterocycles. The van der Waals surface area contributed by atoms with E-state index in [9.17, 15) is 19.7 Å². The molecule has 1 rings (SSSR count). The van der Waals surface area contributed by atoms with Gasteiger partial charge in [0.2, 0.25) is 5.78 Å². The standard InChI is InChI=1S/C9H10N2O6/c10-6(8(14)15)4-9(11(16)17)2-1-5(12)3-7(9)13/h1-3,6,12H,4,10H2,(H,14,15). The summed E-state index contributed by atoms with van der Waals surface area (Å²) in [5.41, 5.74) is 2.98. The topological polar surface area (TPSA) is 144 Å². The van der Waals surface area contributed by atoms with Crippen molar-refractivity contribution in [3.05, 3.63) is 34.1 Å². The molecule has 17 heavy (non-hydrogen) atoms. The highest BCUT2D eigenvalue weighted by Crippen LogP contribution is 2.25. The molecule has 0 aromatic carbocycles. The number of rotatable bonds is 4. The lowest BCUT2D eigenvalue weighted by atomic mass is 9.84. The normalized spacial score (nSPS) is 25.2. The Morgan fingerprint density at radius 3 is 2.65 bits per heavy atom. The molecule has 8 heteroatoms. The van der Waals surface area contributed by atoms with Gasteiger partial charge in [-0.2, -0.15) is 0 Å². The van der Waals surface area contributed by atoms with Crippen molar-refractivity contribution in [1.82, 2.24) is 0 Å². The molecule has 0 saturated heterocycles. The van der Waals surface area contributed by atoms with E-state index in [1.807, 2.05) is 0 Å². The number of aliphatic hydroxyl groups excluding tert-OH is 1. The Labute approximate surface area is 95.2 Å². The van der Waals surface area contributed by atoms with Crippen molar-refractivity contribution >= 4 is 11.8 Å². The molecule has 0 aromatic rings. The van der Waals surface area contributed by atoms with Gasteiger partial charge in [0.1, 0.15) is 11.8 Å². The van der Waals surface area contributed by atoms with E-state index in [4.69, 9.17) is 15.9 Å². The highest BCUT2D eigenvalue weighted by molar-refractivity contribution is 6.00. The van der Waals surface area contributed by atoms with Gasteiger partial charge in [-0.05, 0) is 6.08 Å². The Hall–Kier alpha value is -2.22. The van der Waals surface area contributed by atoms with Crippen molar-refractivity contribution in [1.29, 1.82) is 0 Å². The summed E-state index contributed by atoms with van der Waals surface area (Å²) in [5.74, 6) is -2.86. The molecule has 4 N–H and O–H groups in total. The van der Waals surface area contributed by atoms with Crippen LogP contribution in [0.4, 0.5) is 0 Å². The van der Waals surface area contributed by atoms with Crippen LogP contribution in [0.5, 0.6) is 0 Å². The van der Waals surface area contributed by atoms with E-state index in [0.29, 0.717) is 6.08 Å². The lowest BCUT2D eigenvalue weighted by molar-refractivity contribution is -0.538. The first-order valence-corrected chi connectivity index (χ1v) is 4.57. The molecule has 1 aliphatic carbocycles. The lowest BCUT2D eigenvalue weighted by Gasteiger charge is -2.22. The van der Waals surface area contributed by atoms with E-state index < -0.39 is 40.4 Å². The van der Waals surface area contributed by atoms with Gasteiger partial charge in [-0.3, -0.25) is 19.7 Å². The molecule has 1 aliphatic rings. The monoisotopic (exact) mass is 242 g/mol. The zero-order valence-electron chi connectivity index (χ0n) is 8.57. The summed E-state index contributed by atoms with van der Waals surface area (Å²) in [5, 5.41) is 28.5. The number of carboxylic acid groups (broad SMARTS) is 1. The maximum Gasteiger partial charge on any atom is 0.320 e. The lowest BCUT2D eigenvalue weighted by Crippen LogP contribution is -2.51. The van der Waals surface area contributed by atoms with Crippen LogP contribution in [-0.2, 0) is 9.59 Å². The van der Waals surface area contributed by atoms with Gasteiger partial charge in [0.15, 0.2) is 0 Å². The van der Waals surface area contributed by atoms with E-state index in [2.05, 4.69) is 0 Å². The van der Waals surface area contributed by atoms with Gasteiger partial charge in [-0.25, -0.2) is 0 Å². The first-order chi connectivity index (χ1) is 7.79. The van der Waals surface area contributed by atoms with Crippen LogP contribution in [0.1, 0.15) is 6.42 Å². The molecule has 0 saturated carbocycles. The van der Waals surface area contributed by atoms with E-state index in [-0.39, 0.29) is 0 Å². The minimum absolute atomic E-state index is 0.420. The Balaban J connectivity index is 3.09. The van der Waals surface area contributed by atoms with Gasteiger partial charge in [0.05, 0.1) is 6.42 Å². The summed E-state index contributed by atoms with van der Waals surface area (Å²) in [6.45, 7) is 0. The Morgan fingerprint density at radius 1 is 1.65 bits per heavy atom. The van der Waals surface area contributed by atoms with Crippen molar-refractivity contribution in [2.45, 2.75) is 18.0 Å². The molecule has 2 atom stereocenters. The average molecular weight is 242 g/mol. The van der Waals surface area contributed by atoms with Crippen LogP contribution in [0, 0.1) is 10.1 Å². The second kappa shape index (κ2) is 4.34. The van der Waals surface area contributed by atoms with Crippen LogP contribution < -0.4 is 5.73 Å². The predicted octanol–water partition coefficient (Wildman–Crippen LogP) is -0.615. The largest absolute Gasteiger partial charge is 0.508 e. The first kappa shape index (κ1) is 12.8. The third kappa shape index (κ3) is 2.31. The molecule has 0 bridgehead atoms. The summed E-state index contributed by atoms with van der Waals surface area (Å²) in [6, 6.07) is -1.54. The number of hydrogen-bond donors (Lipinski definition) is 3. The van der Waals surface area contributed by atoms with E-state index in [1.54, 1.807) is 0 Å². The summed E-state index contributed by atoms with van der Waals surface area (Å²) in [4.78, 5) is 32.1. The maximum atomic E-state index is 11.5. The SMILES string of the molecule is NC(CC1([N+](=O)[O-])C=CC(O)=CC1=O)C(=O)O. The van der Waals surface area contributed by atoms with Crippen molar-refractivity contribution in [3.63, 3.8) is 0 Å². The molecule has 2 unspecified atom stereocenters. The number of nitrogens with zero attached hydrogens (tertiary/aromatic N) is 1. The van der Waals surface area contributed by atoms with Gasteiger partial charge in [-0.1, -0.05) is 0 Å². The van der Waals surface area contributed by atoms with Gasteiger partial charge in [0, 0.05) is 17.1 Å². The molecule has 0 radical (unpaired) electrons. The van der Waals surface area contributed by atoms with Crippen LogP contribution in [0.3, 0.4) is 0 Å². The van der Waals surface area contributed by atoms with E-state index in [1.165, 1.54) is 0 Å². The number of carbonyl (C=O) groups excluding carboxylic acids is 1. The molecule has 0 fully saturated rings. The van der Waals surface area contributed by atoms with E-state index >= 15 is 0 Å². The van der Waals surface area contributed by atoms with Crippen LogP contribution in [0.2, 0.25) is 0 Å². The third-order valence-electron chi connectivity index (χ3n) is 2.41. The summed E-state index contributed by atoms with van der Waals surface area (Å²) >= 11 is 0. The molecule has 0 aliphatic heterocycles. The highest BCUT2D eigenvalue weighted by Gasteiger charge is 2.50. The average Bonchev–Trinajstić information content (AvgIpc) is 2.21. The second-order valence-electron chi connectivity index (χ2n) is 3.60. The van der Waals surface area contributed by atoms with Crippen LogP contribution in [0.25, 0.3) is 0 Å². The van der Waals surface area contributed by atoms with Crippen LogP contribution in [0.15, 0.2) is 24.0 Å². The Morgan fingerprint density at radius 2 is 2.24 bits per heavy atom. The van der Waals surface area contributed by atoms with Gasteiger partial charge >= 0.3 is 11.5 Å². The number of aliphatic carboxylic acids is 1. The number of ketones is 1. The number of carbonyl (C=O) groups is 2. The fourth-order valence-electron chi connectivity index (χ4n) is 1.43. The van der Waals surface area contributed by atoms with Crippen LogP contribution >= 0.6 is 0 Å². The van der Waals surface area contributed by atoms with Crippen molar-refractivity contribution in [2.75, 3.05) is 0 Å². The zero-order chi connectivity index (χ0) is 13.2. The maximum absolute atomic E-state index is 11.5. The minimum Gasteiger partial charge on any atom is -0.508 e. The van der Waals surface area contributed by atoms with Crippen molar-refractivity contribution in [2.24, 2.45) is 5.73 Å². The van der Waals surface area contributed by atoms with Crippen LogP contribution in [-0.4, -0.2) is 38.5 Å². The Bertz CT molecular complexity index is 441. The fourth-order valence-corrected chi connectivity index (χ4v) is 1.43. The minimum atomic E-state index is -2.22. The molecule has 0 amide bonds. The van der Waals surface area contributed by atoms with Gasteiger partial charge in [-0.15, -0.1) is 0 Å². The molecular formula is C9H10N2O6. The number of carboxylic acids is 1. The number of nitro groups is 1. The first-order valence-electron chi connectivity index (χ1n) is 4.57. The predicted molar refractivity (Wildman–Crippen MR) is 54.8 cm³/mol. The summed E-state index contributed by atoms with van der Waals surface area (Å²) in [7, 11) is 0. The highest BCUT2D eigenvalue weighted by atomic mass is 16.6. The zero-order valence-corrected chi connectivity index (χ0v) is 8.57. The summed E-state index contributed by atoms with van der Waals surface area (Å²) in [6.07, 6.45) is 1.83. The third-order valence-corrected chi connectivity index (χ3v) is 2.41. The van der Waals surface area contributed by atoms with Gasteiger partial charge < -0.3 is 15.9 Å². The molecule has 0 aromatic heterocycles. The van der Waals surface area contributed by atoms with E-state index in [0.717, 1.165) is 12.2 Å². The second-order valence-corrected chi connectivity index (χ2v) is 3.60. The fraction of sp³-hybridized carbons (Fsp3) is 0.333. The van der Waals surface area contributed by atoms with Gasteiger partial charge in [0.25, 0.3) is 0 Å². The summed E-state index contributed by atoms with van der Waals surface area (Å²) < 4.78 is 0. The quantitative estimate of drug-likeness (QED) is 0.440. The smallest absolute Gasteiger partial charge is 0.320 e. The number of hydrogen-bond acceptors (Lipinski definition) is 6. The molecule has 92 valence electrons. The van der Waals surface area contributed by atoms with Crippen molar-refractivity contribution in [3.8, 4) is 0 Å². The number of allylic oxidation sites excluding steroid dienone is 1. The number of aliphatic hydroxyl groups is 1. The molecule has 0 spiro atoms.